The highest BCUT2D eigenvalue weighted by molar-refractivity contribution is 5.79. The summed E-state index contributed by atoms with van der Waals surface area (Å²) in [4.78, 5) is 15.8. The molecule has 1 aromatic carbocycles. The molecule has 0 saturated carbocycles. The number of benzene rings is 1. The molecule has 2 aromatic heterocycles. The van der Waals surface area contributed by atoms with Crippen molar-refractivity contribution in [2.45, 2.75) is 0 Å². The summed E-state index contributed by atoms with van der Waals surface area (Å²) in [6.45, 7) is 0. The van der Waals surface area contributed by atoms with Crippen molar-refractivity contribution in [1.82, 2.24) is 14.0 Å². The number of fused-ring (bicyclic) bond motifs is 3. The van der Waals surface area contributed by atoms with Gasteiger partial charge in [0, 0.05) is 19.3 Å². The van der Waals surface area contributed by atoms with Crippen LogP contribution in [0.1, 0.15) is 0 Å². The van der Waals surface area contributed by atoms with Crippen LogP contribution in [0.5, 0.6) is 0 Å². The Hall–Kier alpha value is -2.10. The van der Waals surface area contributed by atoms with Crippen LogP contribution in [0.25, 0.3) is 16.8 Å². The van der Waals surface area contributed by atoms with Crippen LogP contribution in [0.3, 0.4) is 0 Å². The lowest BCUT2D eigenvalue weighted by Gasteiger charge is -1.98. The molecule has 0 unspecified atom stereocenters. The summed E-state index contributed by atoms with van der Waals surface area (Å²) < 4.78 is 3.46. The number of imidazole rings is 1. The number of aryl methyl sites for hydroxylation is 1. The zero-order valence-corrected chi connectivity index (χ0v) is 8.21. The van der Waals surface area contributed by atoms with Crippen LogP contribution in [-0.4, -0.2) is 14.0 Å². The third kappa shape index (κ3) is 1.01. The highest BCUT2D eigenvalue weighted by Gasteiger charge is 2.05. The van der Waals surface area contributed by atoms with Crippen molar-refractivity contribution in [1.29, 1.82) is 0 Å². The molecule has 0 bridgehead atoms. The van der Waals surface area contributed by atoms with Gasteiger partial charge in [0.25, 0.3) is 5.56 Å². The molecule has 0 atom stereocenters. The zero-order valence-electron chi connectivity index (χ0n) is 8.21. The molecular formula is C11H9N3O. The molecule has 0 aliphatic rings. The molecule has 3 rings (SSSR count). The van der Waals surface area contributed by atoms with Crippen molar-refractivity contribution < 1.29 is 0 Å². The molecule has 0 saturated heterocycles. The highest BCUT2D eigenvalue weighted by Crippen LogP contribution is 2.13. The van der Waals surface area contributed by atoms with E-state index in [1.807, 2.05) is 28.7 Å². The summed E-state index contributed by atoms with van der Waals surface area (Å²) in [7, 11) is 1.73. The van der Waals surface area contributed by atoms with Crippen LogP contribution < -0.4 is 5.56 Å². The number of nitrogens with zero attached hydrogens (tertiary/aromatic N) is 3. The molecule has 4 heteroatoms. The molecule has 0 amide bonds. The molecule has 0 aliphatic heterocycles. The van der Waals surface area contributed by atoms with Crippen LogP contribution in [0, 0.1) is 0 Å². The topological polar surface area (TPSA) is 39.3 Å². The van der Waals surface area contributed by atoms with Gasteiger partial charge in [-0.2, -0.15) is 0 Å². The van der Waals surface area contributed by atoms with E-state index in [1.165, 1.54) is 0 Å². The summed E-state index contributed by atoms with van der Waals surface area (Å²) in [6, 6.07) is 9.36. The average molecular weight is 199 g/mol. The number of hydrogen-bond acceptors (Lipinski definition) is 2. The zero-order chi connectivity index (χ0) is 10.4. The van der Waals surface area contributed by atoms with Gasteiger partial charge in [-0.05, 0) is 12.1 Å². The van der Waals surface area contributed by atoms with Crippen molar-refractivity contribution in [3.8, 4) is 0 Å². The maximum absolute atomic E-state index is 11.4. The molecule has 3 aromatic rings. The second-order valence-electron chi connectivity index (χ2n) is 3.48. The first kappa shape index (κ1) is 8.23. The third-order valence-corrected chi connectivity index (χ3v) is 2.57. The van der Waals surface area contributed by atoms with Crippen molar-refractivity contribution in [3.05, 3.63) is 46.9 Å². The number of rotatable bonds is 0. The van der Waals surface area contributed by atoms with E-state index in [0.717, 1.165) is 11.0 Å². The maximum Gasteiger partial charge on any atom is 0.254 e. The first-order chi connectivity index (χ1) is 7.27. The molecule has 0 aliphatic carbocycles. The monoisotopic (exact) mass is 199 g/mol. The van der Waals surface area contributed by atoms with Crippen molar-refractivity contribution in [2.75, 3.05) is 0 Å². The quantitative estimate of drug-likeness (QED) is 0.545. The lowest BCUT2D eigenvalue weighted by Crippen LogP contribution is -2.17. The number of hydrogen-bond donors (Lipinski definition) is 0. The Morgan fingerprint density at radius 3 is 2.87 bits per heavy atom. The smallest absolute Gasteiger partial charge is 0.254 e. The van der Waals surface area contributed by atoms with Gasteiger partial charge in [-0.15, -0.1) is 0 Å². The summed E-state index contributed by atoms with van der Waals surface area (Å²) in [5.41, 5.74) is 1.87. The second kappa shape index (κ2) is 2.70. The molecule has 0 fully saturated rings. The molecule has 0 spiro atoms. The van der Waals surface area contributed by atoms with Crippen LogP contribution in [0.2, 0.25) is 0 Å². The van der Waals surface area contributed by atoms with E-state index in [9.17, 15) is 4.79 Å². The standard InChI is InChI=1S/C11H9N3O/c1-13-10(15)6-7-14-9-5-3-2-4-8(9)12-11(13)14/h2-7H,1H3. The van der Waals surface area contributed by atoms with Gasteiger partial charge in [0.15, 0.2) is 0 Å². The predicted molar refractivity (Wildman–Crippen MR) is 57.9 cm³/mol. The van der Waals surface area contributed by atoms with Gasteiger partial charge < -0.3 is 0 Å². The summed E-state index contributed by atoms with van der Waals surface area (Å²) in [6.07, 6.45) is 1.76. The van der Waals surface area contributed by atoms with Crippen molar-refractivity contribution in [3.63, 3.8) is 0 Å². The Morgan fingerprint density at radius 2 is 2.00 bits per heavy atom. The van der Waals surface area contributed by atoms with Crippen LogP contribution in [-0.2, 0) is 7.05 Å². The Bertz CT molecular complexity index is 708. The summed E-state index contributed by atoms with van der Waals surface area (Å²) in [5.74, 6) is 0.670. The van der Waals surface area contributed by atoms with Crippen LogP contribution in [0.4, 0.5) is 0 Å². The lowest BCUT2D eigenvalue weighted by molar-refractivity contribution is 0.848. The third-order valence-electron chi connectivity index (χ3n) is 2.57. The average Bonchev–Trinajstić information content (AvgIpc) is 2.63. The van der Waals surface area contributed by atoms with E-state index in [4.69, 9.17) is 0 Å². The van der Waals surface area contributed by atoms with Gasteiger partial charge in [-0.3, -0.25) is 13.8 Å². The molecule has 0 N–H and O–H groups in total. The number of aromatic nitrogens is 3. The molecule has 15 heavy (non-hydrogen) atoms. The van der Waals surface area contributed by atoms with E-state index in [-0.39, 0.29) is 5.56 Å². The largest absolute Gasteiger partial charge is 0.285 e. The number of para-hydroxylation sites is 2. The Labute approximate surface area is 85.4 Å². The highest BCUT2D eigenvalue weighted by atomic mass is 16.1. The molecule has 2 heterocycles. The normalized spacial score (nSPS) is 11.3. The molecule has 4 nitrogen and oxygen atoms in total. The summed E-state index contributed by atoms with van der Waals surface area (Å²) in [5, 5.41) is 0. The van der Waals surface area contributed by atoms with Gasteiger partial charge in [0.05, 0.1) is 11.0 Å². The van der Waals surface area contributed by atoms with Gasteiger partial charge in [0.1, 0.15) is 0 Å². The van der Waals surface area contributed by atoms with Crippen molar-refractivity contribution >= 4 is 16.8 Å². The van der Waals surface area contributed by atoms with Gasteiger partial charge in [0.2, 0.25) is 5.78 Å². The van der Waals surface area contributed by atoms with Crippen LogP contribution in [0.15, 0.2) is 41.3 Å². The minimum atomic E-state index is -0.0437. The van der Waals surface area contributed by atoms with E-state index in [2.05, 4.69) is 4.98 Å². The maximum atomic E-state index is 11.4. The van der Waals surface area contributed by atoms with E-state index in [1.54, 1.807) is 23.9 Å². The van der Waals surface area contributed by atoms with Crippen molar-refractivity contribution in [2.24, 2.45) is 7.05 Å². The minimum Gasteiger partial charge on any atom is -0.285 e. The Morgan fingerprint density at radius 1 is 1.20 bits per heavy atom. The van der Waals surface area contributed by atoms with E-state index in [0.29, 0.717) is 5.78 Å². The van der Waals surface area contributed by atoms with Crippen LogP contribution >= 0.6 is 0 Å². The molecule has 0 radical (unpaired) electrons. The minimum absolute atomic E-state index is 0.0437. The summed E-state index contributed by atoms with van der Waals surface area (Å²) >= 11 is 0. The lowest BCUT2D eigenvalue weighted by atomic mass is 10.3. The van der Waals surface area contributed by atoms with Gasteiger partial charge in [-0.1, -0.05) is 12.1 Å². The molecular weight excluding hydrogens is 190 g/mol. The second-order valence-corrected chi connectivity index (χ2v) is 3.48. The fourth-order valence-electron chi connectivity index (χ4n) is 1.76. The predicted octanol–water partition coefficient (Wildman–Crippen LogP) is 1.19. The Kier molecular flexibility index (Phi) is 1.48. The molecule has 74 valence electrons. The van der Waals surface area contributed by atoms with Gasteiger partial charge in [-0.25, -0.2) is 4.98 Å². The first-order valence-corrected chi connectivity index (χ1v) is 4.70. The first-order valence-electron chi connectivity index (χ1n) is 4.70. The fraction of sp³-hybridized carbons (Fsp3) is 0.0909. The fourth-order valence-corrected chi connectivity index (χ4v) is 1.76. The Balaban J connectivity index is 2.66. The van der Waals surface area contributed by atoms with E-state index < -0.39 is 0 Å². The van der Waals surface area contributed by atoms with E-state index >= 15 is 0 Å². The SMILES string of the molecule is Cn1c(=O)ccn2c3ccccc3nc12. The van der Waals surface area contributed by atoms with Gasteiger partial charge >= 0.3 is 0 Å².